The molecule has 0 spiro atoms. The number of amides is 1. The summed E-state index contributed by atoms with van der Waals surface area (Å²) in [4.78, 5) is 24.6. The molecule has 0 aliphatic carbocycles. The van der Waals surface area contributed by atoms with Crippen molar-refractivity contribution in [3.05, 3.63) is 60.0 Å². The molecule has 2 aromatic heterocycles. The van der Waals surface area contributed by atoms with Crippen LogP contribution < -0.4 is 26.6 Å². The second kappa shape index (κ2) is 8.00. The number of anilines is 4. The molecule has 0 fully saturated rings. The van der Waals surface area contributed by atoms with Gasteiger partial charge >= 0.3 is 0 Å². The van der Waals surface area contributed by atoms with Gasteiger partial charge in [0.2, 0.25) is 0 Å². The standard InChI is InChI=1S/C18H19N7O2/c1-11-3-8-14(20-9-11)23-16-15(19)17(22-10-21-16)24-25-18(26)12-4-6-13(27-2)7-5-12/h3-10H,19H2,1-2H3,(H,25,26)(H2,20,21,22,23,24). The lowest BCUT2D eigenvalue weighted by molar-refractivity contribution is 0.0962. The predicted molar refractivity (Wildman–Crippen MR) is 103 cm³/mol. The van der Waals surface area contributed by atoms with Crippen molar-refractivity contribution >= 4 is 29.0 Å². The Labute approximate surface area is 156 Å². The van der Waals surface area contributed by atoms with Gasteiger partial charge in [0.05, 0.1) is 7.11 Å². The van der Waals surface area contributed by atoms with Crippen molar-refractivity contribution < 1.29 is 9.53 Å². The van der Waals surface area contributed by atoms with Crippen LogP contribution >= 0.6 is 0 Å². The first-order valence-electron chi connectivity index (χ1n) is 8.07. The number of nitrogen functional groups attached to an aromatic ring is 1. The molecule has 5 N–H and O–H groups in total. The fourth-order valence-corrected chi connectivity index (χ4v) is 2.19. The summed E-state index contributed by atoms with van der Waals surface area (Å²) in [5, 5.41) is 3.02. The fraction of sp³-hybridized carbons (Fsp3) is 0.111. The van der Waals surface area contributed by atoms with Gasteiger partial charge in [-0.1, -0.05) is 6.07 Å². The van der Waals surface area contributed by atoms with E-state index in [0.29, 0.717) is 22.9 Å². The number of carbonyl (C=O) groups is 1. The first-order chi connectivity index (χ1) is 13.1. The summed E-state index contributed by atoms with van der Waals surface area (Å²) in [6.07, 6.45) is 3.06. The molecule has 0 unspecified atom stereocenters. The van der Waals surface area contributed by atoms with Crippen LogP contribution in [0.25, 0.3) is 0 Å². The average Bonchev–Trinajstić information content (AvgIpc) is 2.70. The number of carbonyl (C=O) groups excluding carboxylic acids is 1. The number of aryl methyl sites for hydroxylation is 1. The lowest BCUT2D eigenvalue weighted by Crippen LogP contribution is -2.30. The summed E-state index contributed by atoms with van der Waals surface area (Å²) in [5.74, 6) is 1.56. The molecule has 0 aliphatic rings. The molecular formula is C18H19N7O2. The lowest BCUT2D eigenvalue weighted by atomic mass is 10.2. The number of ether oxygens (including phenoxy) is 1. The first kappa shape index (κ1) is 17.9. The zero-order valence-electron chi connectivity index (χ0n) is 14.9. The van der Waals surface area contributed by atoms with Crippen LogP contribution in [0.3, 0.4) is 0 Å². The van der Waals surface area contributed by atoms with Gasteiger partial charge in [-0.15, -0.1) is 0 Å². The third kappa shape index (κ3) is 4.40. The fourth-order valence-electron chi connectivity index (χ4n) is 2.19. The summed E-state index contributed by atoms with van der Waals surface area (Å²) in [6.45, 7) is 1.95. The van der Waals surface area contributed by atoms with Gasteiger partial charge in [-0.3, -0.25) is 15.6 Å². The van der Waals surface area contributed by atoms with Gasteiger partial charge in [-0.05, 0) is 42.8 Å². The van der Waals surface area contributed by atoms with Crippen molar-refractivity contribution in [1.82, 2.24) is 20.4 Å². The number of aromatic nitrogens is 3. The van der Waals surface area contributed by atoms with Gasteiger partial charge in [0.1, 0.15) is 23.6 Å². The van der Waals surface area contributed by atoms with Gasteiger partial charge in [-0.25, -0.2) is 15.0 Å². The number of nitrogens with two attached hydrogens (primary N) is 1. The number of rotatable bonds is 6. The molecule has 27 heavy (non-hydrogen) atoms. The summed E-state index contributed by atoms with van der Waals surface area (Å²) in [5.41, 5.74) is 13.1. The van der Waals surface area contributed by atoms with Crippen molar-refractivity contribution in [2.45, 2.75) is 6.92 Å². The topological polar surface area (TPSA) is 127 Å². The largest absolute Gasteiger partial charge is 0.497 e. The molecule has 0 atom stereocenters. The van der Waals surface area contributed by atoms with Crippen LogP contribution in [0.1, 0.15) is 15.9 Å². The Morgan fingerprint density at radius 1 is 1.04 bits per heavy atom. The highest BCUT2D eigenvalue weighted by atomic mass is 16.5. The predicted octanol–water partition coefficient (Wildman–Crippen LogP) is 2.27. The molecule has 0 aliphatic heterocycles. The highest BCUT2D eigenvalue weighted by Gasteiger charge is 2.11. The molecular weight excluding hydrogens is 346 g/mol. The van der Waals surface area contributed by atoms with E-state index in [9.17, 15) is 4.79 Å². The van der Waals surface area contributed by atoms with Gasteiger partial charge in [0.25, 0.3) is 5.91 Å². The molecule has 0 bridgehead atoms. The molecule has 2 heterocycles. The third-order valence-corrected chi connectivity index (χ3v) is 3.69. The van der Waals surface area contributed by atoms with Crippen LogP contribution in [0.15, 0.2) is 48.9 Å². The third-order valence-electron chi connectivity index (χ3n) is 3.69. The molecule has 0 saturated heterocycles. The quantitative estimate of drug-likeness (QED) is 0.490. The summed E-state index contributed by atoms with van der Waals surface area (Å²) in [6, 6.07) is 10.4. The van der Waals surface area contributed by atoms with Gasteiger partial charge in [0.15, 0.2) is 11.6 Å². The minimum atomic E-state index is -0.342. The Morgan fingerprint density at radius 3 is 2.44 bits per heavy atom. The van der Waals surface area contributed by atoms with E-state index in [0.717, 1.165) is 5.56 Å². The summed E-state index contributed by atoms with van der Waals surface area (Å²) < 4.78 is 5.07. The monoisotopic (exact) mass is 365 g/mol. The Kier molecular flexibility index (Phi) is 5.31. The number of hydrogen-bond donors (Lipinski definition) is 4. The maximum Gasteiger partial charge on any atom is 0.269 e. The van der Waals surface area contributed by atoms with Crippen LogP contribution in [-0.4, -0.2) is 28.0 Å². The summed E-state index contributed by atoms with van der Waals surface area (Å²) >= 11 is 0. The maximum atomic E-state index is 12.2. The second-order valence-corrected chi connectivity index (χ2v) is 5.64. The molecule has 3 aromatic rings. The van der Waals surface area contributed by atoms with Crippen molar-refractivity contribution in [3.8, 4) is 5.75 Å². The second-order valence-electron chi connectivity index (χ2n) is 5.64. The SMILES string of the molecule is COc1ccc(C(=O)NNc2ncnc(Nc3ccc(C)cn3)c2N)cc1. The minimum Gasteiger partial charge on any atom is -0.497 e. The van der Waals surface area contributed by atoms with Crippen LogP contribution in [0.2, 0.25) is 0 Å². The zero-order chi connectivity index (χ0) is 19.2. The van der Waals surface area contributed by atoms with Crippen molar-refractivity contribution in [2.75, 3.05) is 23.6 Å². The lowest BCUT2D eigenvalue weighted by Gasteiger charge is -2.13. The molecule has 0 radical (unpaired) electrons. The Balaban J connectivity index is 1.68. The Morgan fingerprint density at radius 2 is 1.78 bits per heavy atom. The van der Waals surface area contributed by atoms with Crippen molar-refractivity contribution in [3.63, 3.8) is 0 Å². The number of benzene rings is 1. The summed E-state index contributed by atoms with van der Waals surface area (Å²) in [7, 11) is 1.56. The number of hydrazine groups is 1. The van der Waals surface area contributed by atoms with Gasteiger partial charge in [-0.2, -0.15) is 0 Å². The highest BCUT2D eigenvalue weighted by molar-refractivity contribution is 5.95. The Hall–Kier alpha value is -3.88. The van der Waals surface area contributed by atoms with Gasteiger partial charge < -0.3 is 15.8 Å². The molecule has 9 nitrogen and oxygen atoms in total. The number of nitrogens with zero attached hydrogens (tertiary/aromatic N) is 3. The average molecular weight is 365 g/mol. The van der Waals surface area contributed by atoms with Gasteiger partial charge in [0, 0.05) is 11.8 Å². The number of methoxy groups -OCH3 is 1. The number of hydrogen-bond acceptors (Lipinski definition) is 8. The van der Waals surface area contributed by atoms with E-state index in [1.165, 1.54) is 6.33 Å². The molecule has 0 saturated carbocycles. The highest BCUT2D eigenvalue weighted by Crippen LogP contribution is 2.24. The molecule has 1 aromatic carbocycles. The molecule has 138 valence electrons. The van der Waals surface area contributed by atoms with E-state index in [4.69, 9.17) is 10.5 Å². The Bertz CT molecular complexity index is 927. The molecule has 3 rings (SSSR count). The van der Waals surface area contributed by atoms with E-state index >= 15 is 0 Å². The van der Waals surface area contributed by atoms with E-state index in [2.05, 4.69) is 31.1 Å². The van der Waals surface area contributed by atoms with E-state index in [1.54, 1.807) is 37.6 Å². The minimum absolute atomic E-state index is 0.245. The smallest absolute Gasteiger partial charge is 0.269 e. The number of pyridine rings is 1. The first-order valence-corrected chi connectivity index (χ1v) is 8.07. The molecule has 9 heteroatoms. The van der Waals surface area contributed by atoms with Crippen LogP contribution in [0.4, 0.5) is 23.1 Å². The van der Waals surface area contributed by atoms with Crippen LogP contribution in [0.5, 0.6) is 5.75 Å². The van der Waals surface area contributed by atoms with Crippen molar-refractivity contribution in [2.24, 2.45) is 0 Å². The molecule has 1 amide bonds. The van der Waals surface area contributed by atoms with Crippen LogP contribution in [-0.2, 0) is 0 Å². The van der Waals surface area contributed by atoms with E-state index in [-0.39, 0.29) is 17.4 Å². The normalized spacial score (nSPS) is 10.1. The van der Waals surface area contributed by atoms with E-state index < -0.39 is 0 Å². The zero-order valence-corrected chi connectivity index (χ0v) is 14.9. The maximum absolute atomic E-state index is 12.2. The van der Waals surface area contributed by atoms with Crippen molar-refractivity contribution in [1.29, 1.82) is 0 Å². The number of nitrogens with one attached hydrogen (secondary N) is 3. The van der Waals surface area contributed by atoms with E-state index in [1.807, 2.05) is 19.1 Å². The van der Waals surface area contributed by atoms with Crippen LogP contribution in [0, 0.1) is 6.92 Å².